The van der Waals surface area contributed by atoms with Gasteiger partial charge < -0.3 is 34.6 Å². The van der Waals surface area contributed by atoms with Crippen molar-refractivity contribution in [1.29, 1.82) is 0 Å². The zero-order valence-electron chi connectivity index (χ0n) is 25.5. The van der Waals surface area contributed by atoms with Crippen LogP contribution in [0, 0.1) is 0 Å². The van der Waals surface area contributed by atoms with Gasteiger partial charge in [0.2, 0.25) is 0 Å². The molecule has 1 saturated heterocycles. The molecular formula is C35H40N6O4. The zero-order chi connectivity index (χ0) is 30.6. The first kappa shape index (κ1) is 29.3. The molecule has 4 aromatic rings. The number of rotatable bonds is 4. The van der Waals surface area contributed by atoms with E-state index in [2.05, 4.69) is 52.3 Å². The maximum atomic E-state index is 13.1. The molecule has 0 saturated carbocycles. The summed E-state index contributed by atoms with van der Waals surface area (Å²) in [5.74, 6) is 0.870. The Morgan fingerprint density at radius 3 is 2.71 bits per heavy atom. The number of nitrogens with zero attached hydrogens (tertiary/aromatic N) is 5. The summed E-state index contributed by atoms with van der Waals surface area (Å²) in [6.07, 6.45) is 1.85. The lowest BCUT2D eigenvalue weighted by Gasteiger charge is -2.43. The summed E-state index contributed by atoms with van der Waals surface area (Å²) in [6, 6.07) is 25.0. The summed E-state index contributed by atoms with van der Waals surface area (Å²) in [6.45, 7) is 4.79. The highest BCUT2D eigenvalue weighted by molar-refractivity contribution is 5.94. The maximum absolute atomic E-state index is 13.1. The van der Waals surface area contributed by atoms with Crippen LogP contribution < -0.4 is 20.3 Å². The van der Waals surface area contributed by atoms with E-state index < -0.39 is 0 Å². The second-order valence-electron chi connectivity index (χ2n) is 12.0. The molecule has 10 nitrogen and oxygen atoms in total. The third-order valence-electron chi connectivity index (χ3n) is 9.01. The third-order valence-corrected chi connectivity index (χ3v) is 9.01. The van der Waals surface area contributed by atoms with Crippen LogP contribution in [0.15, 0.2) is 72.8 Å². The summed E-state index contributed by atoms with van der Waals surface area (Å²) in [7, 11) is 0. The number of ether oxygens (including phenoxy) is 3. The summed E-state index contributed by atoms with van der Waals surface area (Å²) < 4.78 is 18.2. The maximum Gasteiger partial charge on any atom is 0.410 e. The van der Waals surface area contributed by atoms with Crippen molar-refractivity contribution < 1.29 is 19.0 Å². The van der Waals surface area contributed by atoms with Crippen LogP contribution in [0.2, 0.25) is 0 Å². The smallest absolute Gasteiger partial charge is 0.410 e. The highest BCUT2D eigenvalue weighted by Crippen LogP contribution is 2.35. The molecule has 7 rings (SSSR count). The molecule has 2 N–H and O–H groups in total. The number of fused-ring (bicyclic) bond motifs is 7. The molecule has 3 aromatic carbocycles. The number of hydrogen-bond donors (Lipinski definition) is 1. The average Bonchev–Trinajstić information content (AvgIpc) is 3.09. The Kier molecular flexibility index (Phi) is 8.66. The quantitative estimate of drug-likeness (QED) is 0.358. The van der Waals surface area contributed by atoms with Crippen molar-refractivity contribution in [1.82, 2.24) is 14.9 Å². The molecule has 2 atom stereocenters. The van der Waals surface area contributed by atoms with Gasteiger partial charge in [0.1, 0.15) is 18.5 Å². The van der Waals surface area contributed by atoms with E-state index in [1.807, 2.05) is 30.3 Å². The SMILES string of the molecule is NCC1CCCOCC2CN(C(=O)OCc3ccccc3)CCN2c2nc(nc3c2CCN(c2cccc4ccccc24)C3)O1. The van der Waals surface area contributed by atoms with Gasteiger partial charge in [-0.2, -0.15) is 9.97 Å². The van der Waals surface area contributed by atoms with E-state index >= 15 is 0 Å². The standard InChI is InChI=1S/C35H40N6O4/c36-20-28-12-7-19-43-24-27-21-40(35(42)44-23-25-8-2-1-3-9-25)17-18-41(27)33-30-15-16-39(22-31(30)37-34(38-33)45-28)32-14-6-11-26-10-4-5-13-29(26)32/h1-6,8-11,13-14,27-28H,7,12,15-24,36H2. The molecular weight excluding hydrogens is 568 g/mol. The van der Waals surface area contributed by atoms with E-state index in [4.69, 9.17) is 29.9 Å². The largest absolute Gasteiger partial charge is 0.459 e. The summed E-state index contributed by atoms with van der Waals surface area (Å²) in [4.78, 5) is 29.6. The van der Waals surface area contributed by atoms with Gasteiger partial charge in [-0.05, 0) is 36.3 Å². The Labute approximate surface area is 263 Å². The normalized spacial score (nSPS) is 20.3. The van der Waals surface area contributed by atoms with Crippen LogP contribution in [-0.2, 0) is 29.0 Å². The van der Waals surface area contributed by atoms with Crippen molar-refractivity contribution in [2.75, 3.05) is 55.7 Å². The van der Waals surface area contributed by atoms with Gasteiger partial charge in [-0.15, -0.1) is 0 Å². The number of anilines is 2. The number of hydrogen-bond acceptors (Lipinski definition) is 9. The summed E-state index contributed by atoms with van der Waals surface area (Å²) in [5.41, 5.74) is 10.4. The molecule has 1 amide bonds. The minimum absolute atomic E-state index is 0.0873. The highest BCUT2D eigenvalue weighted by Gasteiger charge is 2.35. The molecule has 3 aliphatic rings. The van der Waals surface area contributed by atoms with Crippen molar-refractivity contribution in [2.45, 2.75) is 44.6 Å². The fourth-order valence-electron chi connectivity index (χ4n) is 6.63. The fraction of sp³-hybridized carbons (Fsp3) is 0.400. The molecule has 234 valence electrons. The number of nitrogens with two attached hydrogens (primary N) is 1. The van der Waals surface area contributed by atoms with Gasteiger partial charge in [0.25, 0.3) is 0 Å². The fourth-order valence-corrected chi connectivity index (χ4v) is 6.63. The van der Waals surface area contributed by atoms with Crippen LogP contribution in [0.5, 0.6) is 6.01 Å². The van der Waals surface area contributed by atoms with Crippen LogP contribution in [0.4, 0.5) is 16.3 Å². The Morgan fingerprint density at radius 2 is 1.82 bits per heavy atom. The van der Waals surface area contributed by atoms with Crippen molar-refractivity contribution in [3.8, 4) is 6.01 Å². The van der Waals surface area contributed by atoms with Gasteiger partial charge >= 0.3 is 12.1 Å². The molecule has 3 aliphatic heterocycles. The van der Waals surface area contributed by atoms with Crippen molar-refractivity contribution >= 4 is 28.4 Å². The van der Waals surface area contributed by atoms with Crippen molar-refractivity contribution in [2.24, 2.45) is 5.73 Å². The van der Waals surface area contributed by atoms with Gasteiger partial charge in [0.15, 0.2) is 0 Å². The van der Waals surface area contributed by atoms with Gasteiger partial charge in [-0.3, -0.25) is 0 Å². The molecule has 2 bridgehead atoms. The van der Waals surface area contributed by atoms with Gasteiger partial charge in [-0.1, -0.05) is 66.7 Å². The second kappa shape index (κ2) is 13.3. The van der Waals surface area contributed by atoms with E-state index in [1.165, 1.54) is 16.5 Å². The lowest BCUT2D eigenvalue weighted by atomic mass is 10.0. The first-order valence-corrected chi connectivity index (χ1v) is 16.0. The lowest BCUT2D eigenvalue weighted by molar-refractivity contribution is 0.0640. The Bertz CT molecular complexity index is 1630. The van der Waals surface area contributed by atoms with Crippen LogP contribution in [0.3, 0.4) is 0 Å². The highest BCUT2D eigenvalue weighted by atomic mass is 16.6. The predicted molar refractivity (Wildman–Crippen MR) is 174 cm³/mol. The number of amides is 1. The summed E-state index contributed by atoms with van der Waals surface area (Å²) >= 11 is 0. The van der Waals surface area contributed by atoms with Crippen LogP contribution >= 0.6 is 0 Å². The minimum Gasteiger partial charge on any atom is -0.459 e. The first-order chi connectivity index (χ1) is 22.2. The summed E-state index contributed by atoms with van der Waals surface area (Å²) in [5, 5.41) is 2.45. The van der Waals surface area contributed by atoms with Crippen molar-refractivity contribution in [3.63, 3.8) is 0 Å². The van der Waals surface area contributed by atoms with E-state index in [0.717, 1.165) is 48.4 Å². The van der Waals surface area contributed by atoms with Gasteiger partial charge in [-0.25, -0.2) is 4.79 Å². The molecule has 10 heteroatoms. The van der Waals surface area contributed by atoms with E-state index in [0.29, 0.717) is 51.9 Å². The van der Waals surface area contributed by atoms with E-state index in [1.54, 1.807) is 4.90 Å². The number of piperazine rings is 1. The average molecular weight is 609 g/mol. The van der Waals surface area contributed by atoms with Crippen molar-refractivity contribution in [3.05, 3.63) is 89.6 Å². The molecule has 0 spiro atoms. The van der Waals surface area contributed by atoms with Crippen LogP contribution in [-0.4, -0.2) is 79.0 Å². The molecule has 1 fully saturated rings. The Morgan fingerprint density at radius 1 is 0.978 bits per heavy atom. The third kappa shape index (κ3) is 6.39. The minimum atomic E-state index is -0.310. The lowest BCUT2D eigenvalue weighted by Crippen LogP contribution is -2.57. The van der Waals surface area contributed by atoms with Gasteiger partial charge in [0, 0.05) is 56.0 Å². The number of benzene rings is 3. The zero-order valence-corrected chi connectivity index (χ0v) is 25.5. The number of carbonyl (C=O) groups excluding carboxylic acids is 1. The predicted octanol–water partition coefficient (Wildman–Crippen LogP) is 4.54. The van der Waals surface area contributed by atoms with E-state index in [9.17, 15) is 4.79 Å². The van der Waals surface area contributed by atoms with Gasteiger partial charge in [0.05, 0.1) is 24.9 Å². The van der Waals surface area contributed by atoms with Crippen LogP contribution in [0.1, 0.15) is 29.7 Å². The molecule has 0 aliphatic carbocycles. The number of carbonyl (C=O) groups is 1. The second-order valence-corrected chi connectivity index (χ2v) is 12.0. The van der Waals surface area contributed by atoms with E-state index in [-0.39, 0.29) is 24.8 Å². The number of aromatic nitrogens is 2. The topological polar surface area (TPSA) is 106 Å². The molecule has 4 heterocycles. The monoisotopic (exact) mass is 608 g/mol. The van der Waals surface area contributed by atoms with Crippen LogP contribution in [0.25, 0.3) is 10.8 Å². The molecule has 0 radical (unpaired) electrons. The Balaban J connectivity index is 1.18. The Hall–Kier alpha value is -4.41. The first-order valence-electron chi connectivity index (χ1n) is 16.0. The molecule has 1 aromatic heterocycles. The molecule has 45 heavy (non-hydrogen) atoms. The molecule has 2 unspecified atom stereocenters.